The fraction of sp³-hybridized carbons (Fsp3) is 0.429. The second-order valence-corrected chi connectivity index (χ2v) is 2.29. The molecular weight excluding hydrogens is 142 g/mol. The number of nitrogens with zero attached hydrogens (tertiary/aromatic N) is 2. The van der Waals surface area contributed by atoms with Gasteiger partial charge < -0.3 is 10.5 Å². The number of rotatable bonds is 1. The minimum Gasteiger partial charge on any atom is -0.493 e. The zero-order chi connectivity index (χ0) is 8.43. The third-order valence-corrected chi connectivity index (χ3v) is 1.43. The van der Waals surface area contributed by atoms with Crippen molar-refractivity contribution < 1.29 is 4.74 Å². The average Bonchev–Trinajstić information content (AvgIpc) is 1.85. The quantitative estimate of drug-likeness (QED) is 0.644. The van der Waals surface area contributed by atoms with Crippen LogP contribution in [0.1, 0.15) is 11.4 Å². The topological polar surface area (TPSA) is 61.0 Å². The molecule has 0 radical (unpaired) electrons. The minimum atomic E-state index is 0.292. The van der Waals surface area contributed by atoms with Crippen LogP contribution in [0, 0.1) is 13.8 Å². The molecule has 0 saturated carbocycles. The van der Waals surface area contributed by atoms with Crippen molar-refractivity contribution in [3.8, 4) is 5.75 Å². The summed E-state index contributed by atoms with van der Waals surface area (Å²) in [5.41, 5.74) is 6.96. The van der Waals surface area contributed by atoms with E-state index in [2.05, 4.69) is 9.97 Å². The van der Waals surface area contributed by atoms with Crippen LogP contribution in [0.25, 0.3) is 0 Å². The molecule has 4 nitrogen and oxygen atoms in total. The first-order valence-electron chi connectivity index (χ1n) is 3.30. The summed E-state index contributed by atoms with van der Waals surface area (Å²) in [6, 6.07) is 0. The van der Waals surface area contributed by atoms with E-state index in [1.807, 2.05) is 13.8 Å². The smallest absolute Gasteiger partial charge is 0.220 e. The number of hydrogen-bond acceptors (Lipinski definition) is 4. The van der Waals surface area contributed by atoms with Crippen LogP contribution in [0.4, 0.5) is 5.95 Å². The average molecular weight is 153 g/mol. The standard InChI is InChI=1S/C7H11N3O/c1-4-6(11-3)5(2)10-7(8)9-4/h1-3H3,(H2,8,9,10). The van der Waals surface area contributed by atoms with Gasteiger partial charge >= 0.3 is 0 Å². The van der Waals surface area contributed by atoms with Gasteiger partial charge in [-0.1, -0.05) is 0 Å². The van der Waals surface area contributed by atoms with Gasteiger partial charge in [0, 0.05) is 0 Å². The zero-order valence-electron chi connectivity index (χ0n) is 6.88. The number of aromatic nitrogens is 2. The van der Waals surface area contributed by atoms with Crippen LogP contribution in [0.3, 0.4) is 0 Å². The summed E-state index contributed by atoms with van der Waals surface area (Å²) < 4.78 is 5.05. The summed E-state index contributed by atoms with van der Waals surface area (Å²) in [4.78, 5) is 7.89. The van der Waals surface area contributed by atoms with E-state index in [1.54, 1.807) is 7.11 Å². The van der Waals surface area contributed by atoms with E-state index >= 15 is 0 Å². The lowest BCUT2D eigenvalue weighted by atomic mass is 10.3. The van der Waals surface area contributed by atoms with Crippen LogP contribution in [0.2, 0.25) is 0 Å². The Kier molecular flexibility index (Phi) is 1.94. The van der Waals surface area contributed by atoms with E-state index in [4.69, 9.17) is 10.5 Å². The van der Waals surface area contributed by atoms with Gasteiger partial charge in [0.1, 0.15) is 0 Å². The molecule has 60 valence electrons. The number of anilines is 1. The Hall–Kier alpha value is -1.32. The van der Waals surface area contributed by atoms with Gasteiger partial charge in [-0.2, -0.15) is 0 Å². The lowest BCUT2D eigenvalue weighted by molar-refractivity contribution is 0.403. The SMILES string of the molecule is COc1c(C)nc(N)nc1C. The van der Waals surface area contributed by atoms with Crippen LogP contribution in [-0.4, -0.2) is 17.1 Å². The second-order valence-electron chi connectivity index (χ2n) is 2.29. The summed E-state index contributed by atoms with van der Waals surface area (Å²) >= 11 is 0. The summed E-state index contributed by atoms with van der Waals surface area (Å²) in [7, 11) is 1.59. The predicted molar refractivity (Wildman–Crippen MR) is 42.5 cm³/mol. The highest BCUT2D eigenvalue weighted by atomic mass is 16.5. The highest BCUT2D eigenvalue weighted by Gasteiger charge is 2.05. The first-order valence-corrected chi connectivity index (χ1v) is 3.30. The summed E-state index contributed by atoms with van der Waals surface area (Å²) in [5, 5.41) is 0. The monoisotopic (exact) mass is 153 g/mol. The molecule has 0 amide bonds. The minimum absolute atomic E-state index is 0.292. The highest BCUT2D eigenvalue weighted by molar-refractivity contribution is 5.35. The van der Waals surface area contributed by atoms with Gasteiger partial charge in [0.25, 0.3) is 0 Å². The van der Waals surface area contributed by atoms with E-state index in [1.165, 1.54) is 0 Å². The number of nitrogens with two attached hydrogens (primary N) is 1. The van der Waals surface area contributed by atoms with Gasteiger partial charge in [0.2, 0.25) is 5.95 Å². The molecule has 0 aliphatic rings. The Balaban J connectivity index is 3.25. The molecule has 0 aromatic carbocycles. The Morgan fingerprint density at radius 3 is 2.00 bits per heavy atom. The summed E-state index contributed by atoms with van der Waals surface area (Å²) in [6.45, 7) is 3.67. The molecule has 1 heterocycles. The molecule has 1 aromatic heterocycles. The van der Waals surface area contributed by atoms with Gasteiger partial charge in [-0.3, -0.25) is 0 Å². The van der Waals surface area contributed by atoms with Crippen molar-refractivity contribution in [3.05, 3.63) is 11.4 Å². The Morgan fingerprint density at radius 1 is 1.18 bits per heavy atom. The van der Waals surface area contributed by atoms with Crippen molar-refractivity contribution in [1.82, 2.24) is 9.97 Å². The Morgan fingerprint density at radius 2 is 1.64 bits per heavy atom. The maximum Gasteiger partial charge on any atom is 0.220 e. The molecule has 0 bridgehead atoms. The van der Waals surface area contributed by atoms with Crippen molar-refractivity contribution in [2.45, 2.75) is 13.8 Å². The first-order chi connectivity index (χ1) is 5.15. The van der Waals surface area contributed by atoms with Gasteiger partial charge in [-0.15, -0.1) is 0 Å². The number of nitrogen functional groups attached to an aromatic ring is 1. The number of hydrogen-bond donors (Lipinski definition) is 1. The molecule has 0 fully saturated rings. The molecule has 0 aliphatic carbocycles. The molecule has 0 atom stereocenters. The van der Waals surface area contributed by atoms with Crippen molar-refractivity contribution >= 4 is 5.95 Å². The fourth-order valence-corrected chi connectivity index (χ4v) is 1.03. The van der Waals surface area contributed by atoms with E-state index in [0.717, 1.165) is 11.4 Å². The van der Waals surface area contributed by atoms with E-state index in [-0.39, 0.29) is 0 Å². The predicted octanol–water partition coefficient (Wildman–Crippen LogP) is 0.684. The third kappa shape index (κ3) is 1.39. The van der Waals surface area contributed by atoms with Crippen molar-refractivity contribution in [1.29, 1.82) is 0 Å². The number of methoxy groups -OCH3 is 1. The molecular formula is C7H11N3O. The molecule has 0 saturated heterocycles. The van der Waals surface area contributed by atoms with Gasteiger partial charge in [-0.05, 0) is 13.8 Å². The molecule has 1 aromatic rings. The molecule has 11 heavy (non-hydrogen) atoms. The number of aryl methyl sites for hydroxylation is 2. The maximum atomic E-state index is 5.41. The molecule has 4 heteroatoms. The largest absolute Gasteiger partial charge is 0.493 e. The molecule has 1 rings (SSSR count). The molecule has 0 unspecified atom stereocenters. The van der Waals surface area contributed by atoms with E-state index in [9.17, 15) is 0 Å². The van der Waals surface area contributed by atoms with Crippen molar-refractivity contribution in [2.24, 2.45) is 0 Å². The van der Waals surface area contributed by atoms with Gasteiger partial charge in [-0.25, -0.2) is 9.97 Å². The fourth-order valence-electron chi connectivity index (χ4n) is 1.03. The lowest BCUT2D eigenvalue weighted by Gasteiger charge is -2.06. The van der Waals surface area contributed by atoms with Crippen LogP contribution >= 0.6 is 0 Å². The van der Waals surface area contributed by atoms with Gasteiger partial charge in [0.05, 0.1) is 18.5 Å². The zero-order valence-corrected chi connectivity index (χ0v) is 6.88. The van der Waals surface area contributed by atoms with E-state index < -0.39 is 0 Å². The Bertz CT molecular complexity index is 249. The van der Waals surface area contributed by atoms with E-state index in [0.29, 0.717) is 11.7 Å². The highest BCUT2D eigenvalue weighted by Crippen LogP contribution is 2.18. The normalized spacial score (nSPS) is 9.73. The molecule has 0 spiro atoms. The van der Waals surface area contributed by atoms with Crippen LogP contribution in [-0.2, 0) is 0 Å². The van der Waals surface area contributed by atoms with Crippen LogP contribution in [0.5, 0.6) is 5.75 Å². The number of ether oxygens (including phenoxy) is 1. The lowest BCUT2D eigenvalue weighted by Crippen LogP contribution is -2.02. The van der Waals surface area contributed by atoms with Crippen LogP contribution < -0.4 is 10.5 Å². The summed E-state index contributed by atoms with van der Waals surface area (Å²) in [6.07, 6.45) is 0. The molecule has 2 N–H and O–H groups in total. The molecule has 0 aliphatic heterocycles. The summed E-state index contributed by atoms with van der Waals surface area (Å²) in [5.74, 6) is 1.00. The van der Waals surface area contributed by atoms with Crippen LogP contribution in [0.15, 0.2) is 0 Å². The van der Waals surface area contributed by atoms with Crippen molar-refractivity contribution in [3.63, 3.8) is 0 Å². The first kappa shape index (κ1) is 7.78. The van der Waals surface area contributed by atoms with Crippen molar-refractivity contribution in [2.75, 3.05) is 12.8 Å². The maximum absolute atomic E-state index is 5.41. The van der Waals surface area contributed by atoms with Gasteiger partial charge in [0.15, 0.2) is 5.75 Å². The third-order valence-electron chi connectivity index (χ3n) is 1.43. The Labute approximate surface area is 65.4 Å². The second kappa shape index (κ2) is 2.74.